The molecule has 0 atom stereocenters. The molecule has 0 saturated carbocycles. The van der Waals surface area contributed by atoms with Gasteiger partial charge in [-0.1, -0.05) is 18.2 Å². The largest absolute Gasteiger partial charge is 0.490 e. The van der Waals surface area contributed by atoms with Crippen LogP contribution in [0.4, 0.5) is 17.1 Å². The highest BCUT2D eigenvalue weighted by atomic mass is 16.6. The molecule has 1 heterocycles. The number of nitro benzene ring substituents is 1. The van der Waals surface area contributed by atoms with Crippen LogP contribution in [0.25, 0.3) is 0 Å². The van der Waals surface area contributed by atoms with Gasteiger partial charge in [-0.3, -0.25) is 19.7 Å². The van der Waals surface area contributed by atoms with E-state index in [2.05, 4.69) is 10.4 Å². The number of hydrogen-bond acceptors (Lipinski definition) is 8. The third kappa shape index (κ3) is 5.06. The van der Waals surface area contributed by atoms with Crippen LogP contribution >= 0.6 is 0 Å². The molecule has 3 rings (SSSR count). The van der Waals surface area contributed by atoms with Gasteiger partial charge in [0.15, 0.2) is 12.4 Å². The molecule has 1 N–H and O–H groups in total. The number of benzene rings is 2. The minimum absolute atomic E-state index is 0.0184. The third-order valence-corrected chi connectivity index (χ3v) is 4.60. The van der Waals surface area contributed by atoms with Gasteiger partial charge in [0.25, 0.3) is 5.91 Å². The predicted molar refractivity (Wildman–Crippen MR) is 115 cm³/mol. The summed E-state index contributed by atoms with van der Waals surface area (Å²) in [5.74, 6) is -1.74. The summed E-state index contributed by atoms with van der Waals surface area (Å²) in [7, 11) is 1.28. The standard InChI is InChI=1S/C21H20N4O7/c1-13-10-17(25(29)30)18(31-2)11-16(13)22-19(26)12-32-21(28)15-8-9-20(27)24(23-15)14-6-4-3-5-7-14/h3-7,10-11H,8-9,12H2,1-2H3,(H,22,26). The van der Waals surface area contributed by atoms with E-state index in [9.17, 15) is 24.5 Å². The van der Waals surface area contributed by atoms with E-state index >= 15 is 0 Å². The van der Waals surface area contributed by atoms with Crippen LogP contribution < -0.4 is 15.1 Å². The van der Waals surface area contributed by atoms with Crippen LogP contribution in [-0.4, -0.2) is 42.1 Å². The first-order valence-corrected chi connectivity index (χ1v) is 9.55. The molecule has 0 aromatic heterocycles. The Bertz CT molecular complexity index is 1100. The predicted octanol–water partition coefficient (Wildman–Crippen LogP) is 2.58. The van der Waals surface area contributed by atoms with E-state index in [4.69, 9.17) is 9.47 Å². The molecule has 0 spiro atoms. The second kappa shape index (κ2) is 9.69. The second-order valence-electron chi connectivity index (χ2n) is 6.81. The van der Waals surface area contributed by atoms with Crippen molar-refractivity contribution in [3.8, 4) is 5.75 Å². The minimum atomic E-state index is -0.813. The number of nitro groups is 1. The van der Waals surface area contributed by atoms with Gasteiger partial charge in [0.2, 0.25) is 5.91 Å². The fourth-order valence-corrected chi connectivity index (χ4v) is 2.99. The summed E-state index contributed by atoms with van der Waals surface area (Å²) in [6, 6.07) is 11.2. The zero-order valence-electron chi connectivity index (χ0n) is 17.4. The summed E-state index contributed by atoms with van der Waals surface area (Å²) in [5, 5.41) is 18.8. The Morgan fingerprint density at radius 3 is 2.59 bits per heavy atom. The number of rotatable bonds is 7. The molecule has 0 unspecified atom stereocenters. The van der Waals surface area contributed by atoms with Gasteiger partial charge in [0.1, 0.15) is 5.71 Å². The Morgan fingerprint density at radius 1 is 1.22 bits per heavy atom. The summed E-state index contributed by atoms with van der Waals surface area (Å²) in [6.07, 6.45) is 0.179. The van der Waals surface area contributed by atoms with Gasteiger partial charge in [0, 0.05) is 30.7 Å². The number of methoxy groups -OCH3 is 1. The van der Waals surface area contributed by atoms with E-state index in [0.717, 1.165) is 5.01 Å². The van der Waals surface area contributed by atoms with Gasteiger partial charge < -0.3 is 14.8 Å². The molecule has 2 amide bonds. The lowest BCUT2D eigenvalue weighted by molar-refractivity contribution is -0.385. The van der Waals surface area contributed by atoms with Crippen LogP contribution in [0.15, 0.2) is 47.6 Å². The van der Waals surface area contributed by atoms with E-state index in [0.29, 0.717) is 11.3 Å². The van der Waals surface area contributed by atoms with Crippen molar-refractivity contribution in [3.63, 3.8) is 0 Å². The number of esters is 1. The topological polar surface area (TPSA) is 140 Å². The van der Waals surface area contributed by atoms with E-state index in [1.54, 1.807) is 37.3 Å². The van der Waals surface area contributed by atoms with E-state index < -0.39 is 23.4 Å². The Balaban J connectivity index is 1.64. The van der Waals surface area contributed by atoms with Crippen molar-refractivity contribution in [2.24, 2.45) is 5.10 Å². The molecular weight excluding hydrogens is 420 g/mol. The van der Waals surface area contributed by atoms with Crippen molar-refractivity contribution in [1.29, 1.82) is 0 Å². The molecule has 1 aliphatic heterocycles. The molecular formula is C21H20N4O7. The summed E-state index contributed by atoms with van der Waals surface area (Å²) < 4.78 is 10.0. The van der Waals surface area contributed by atoms with Crippen LogP contribution in [0.5, 0.6) is 5.75 Å². The number of carbonyl (C=O) groups excluding carboxylic acids is 3. The summed E-state index contributed by atoms with van der Waals surface area (Å²) in [6.45, 7) is 0.982. The smallest absolute Gasteiger partial charge is 0.355 e. The van der Waals surface area contributed by atoms with E-state index in [1.165, 1.54) is 19.2 Å². The van der Waals surface area contributed by atoms with Crippen LogP contribution in [0.2, 0.25) is 0 Å². The summed E-state index contributed by atoms with van der Waals surface area (Å²) >= 11 is 0. The van der Waals surface area contributed by atoms with Crippen molar-refractivity contribution in [1.82, 2.24) is 0 Å². The van der Waals surface area contributed by atoms with Gasteiger partial charge in [-0.05, 0) is 24.6 Å². The Kier molecular flexibility index (Phi) is 6.78. The zero-order chi connectivity index (χ0) is 23.3. The molecule has 11 nitrogen and oxygen atoms in total. The highest BCUT2D eigenvalue weighted by molar-refractivity contribution is 6.38. The average Bonchev–Trinajstić information content (AvgIpc) is 2.79. The first-order chi connectivity index (χ1) is 15.3. The number of aryl methyl sites for hydroxylation is 1. The summed E-state index contributed by atoms with van der Waals surface area (Å²) in [5.41, 5.74) is 1.02. The molecule has 11 heteroatoms. The fourth-order valence-electron chi connectivity index (χ4n) is 2.99. The first-order valence-electron chi connectivity index (χ1n) is 9.55. The Hall–Kier alpha value is -4.28. The first kappa shape index (κ1) is 22.4. The minimum Gasteiger partial charge on any atom is -0.490 e. The SMILES string of the molecule is COc1cc(NC(=O)COC(=O)C2=NN(c3ccccc3)C(=O)CC2)c(C)cc1[N+](=O)[O-]. The molecule has 32 heavy (non-hydrogen) atoms. The third-order valence-electron chi connectivity index (χ3n) is 4.60. The van der Waals surface area contributed by atoms with Crippen LogP contribution in [0, 0.1) is 17.0 Å². The molecule has 0 saturated heterocycles. The van der Waals surface area contributed by atoms with Crippen molar-refractivity contribution in [3.05, 3.63) is 58.1 Å². The number of anilines is 2. The number of nitrogens with zero attached hydrogens (tertiary/aromatic N) is 3. The molecule has 2 aromatic carbocycles. The van der Waals surface area contributed by atoms with Crippen molar-refractivity contribution >= 4 is 40.6 Å². The Morgan fingerprint density at radius 2 is 1.94 bits per heavy atom. The molecule has 0 bridgehead atoms. The van der Waals surface area contributed by atoms with Crippen molar-refractivity contribution in [2.75, 3.05) is 24.0 Å². The number of nitrogens with one attached hydrogen (secondary N) is 1. The Labute approximate surface area is 182 Å². The molecule has 1 aliphatic rings. The van der Waals surface area contributed by atoms with Gasteiger partial charge >= 0.3 is 11.7 Å². The van der Waals surface area contributed by atoms with Gasteiger partial charge in [-0.25, -0.2) is 9.80 Å². The van der Waals surface area contributed by atoms with E-state index in [-0.39, 0.29) is 41.6 Å². The number of para-hydroxylation sites is 1. The highest BCUT2D eigenvalue weighted by Gasteiger charge is 2.27. The van der Waals surface area contributed by atoms with Gasteiger partial charge in [-0.2, -0.15) is 5.10 Å². The number of amides is 2. The molecule has 0 radical (unpaired) electrons. The van der Waals surface area contributed by atoms with E-state index in [1.807, 2.05) is 0 Å². The molecule has 0 fully saturated rings. The second-order valence-corrected chi connectivity index (χ2v) is 6.81. The van der Waals surface area contributed by atoms with Crippen LogP contribution in [0.1, 0.15) is 18.4 Å². The normalized spacial score (nSPS) is 13.2. The maximum atomic E-state index is 12.4. The fraction of sp³-hybridized carbons (Fsp3) is 0.238. The number of ether oxygens (including phenoxy) is 2. The molecule has 2 aromatic rings. The maximum Gasteiger partial charge on any atom is 0.355 e. The quantitative estimate of drug-likeness (QED) is 0.396. The van der Waals surface area contributed by atoms with Gasteiger partial charge in [-0.15, -0.1) is 0 Å². The van der Waals surface area contributed by atoms with Crippen LogP contribution in [-0.2, 0) is 19.1 Å². The lowest BCUT2D eigenvalue weighted by atomic mass is 10.1. The highest BCUT2D eigenvalue weighted by Crippen LogP contribution is 2.32. The number of hydrogen-bond donors (Lipinski definition) is 1. The number of carbonyl (C=O) groups is 3. The summed E-state index contributed by atoms with van der Waals surface area (Å²) in [4.78, 5) is 47.2. The van der Waals surface area contributed by atoms with Crippen molar-refractivity contribution in [2.45, 2.75) is 19.8 Å². The van der Waals surface area contributed by atoms with Crippen molar-refractivity contribution < 1.29 is 28.8 Å². The molecule has 0 aliphatic carbocycles. The monoisotopic (exact) mass is 440 g/mol. The maximum absolute atomic E-state index is 12.4. The molecule has 166 valence electrons. The number of hydrazone groups is 1. The zero-order valence-corrected chi connectivity index (χ0v) is 17.4. The average molecular weight is 440 g/mol. The van der Waals surface area contributed by atoms with Gasteiger partial charge in [0.05, 0.1) is 17.7 Å². The van der Waals surface area contributed by atoms with Crippen LogP contribution in [0.3, 0.4) is 0 Å². The lowest BCUT2D eigenvalue weighted by Crippen LogP contribution is -2.35. The lowest BCUT2D eigenvalue weighted by Gasteiger charge is -2.22.